The number of benzene rings is 5. The Kier molecular flexibility index (Phi) is 10.3. The number of hydrogen-bond acceptors (Lipinski definition) is 5. The molecule has 4 aliphatic rings. The number of ketones is 1. The maximum Gasteiger partial charge on any atom is 0.255 e. The molecule has 2 N–H and O–H groups in total. The van der Waals surface area contributed by atoms with E-state index in [4.69, 9.17) is 0 Å². The van der Waals surface area contributed by atoms with E-state index >= 15 is 4.39 Å². The minimum absolute atomic E-state index is 0.157. The zero-order chi connectivity index (χ0) is 38.8. The molecule has 0 radical (unpaired) electrons. The number of nitrogens with one attached hydrogen (secondary N) is 2. The minimum atomic E-state index is -0.413. The first-order chi connectivity index (χ1) is 27.3. The summed E-state index contributed by atoms with van der Waals surface area (Å²) in [4.78, 5) is 41.8. The number of likely N-dealkylation sites (tertiary alicyclic amines) is 1. The van der Waals surface area contributed by atoms with E-state index in [1.54, 1.807) is 36.4 Å². The molecule has 1 amide bonds. The summed E-state index contributed by atoms with van der Waals surface area (Å²) >= 11 is 0. The minimum Gasteiger partial charge on any atom is -0.361 e. The van der Waals surface area contributed by atoms with Gasteiger partial charge in [-0.3, -0.25) is 14.5 Å². The Balaban J connectivity index is 0.000000343. The zero-order valence-corrected chi connectivity index (χ0v) is 31.4. The summed E-state index contributed by atoms with van der Waals surface area (Å²) in [7, 11) is 0. The van der Waals surface area contributed by atoms with Gasteiger partial charge >= 0.3 is 0 Å². The summed E-state index contributed by atoms with van der Waals surface area (Å²) in [6.45, 7) is 5.59. The number of nitrogens with zero attached hydrogens (tertiary/aromatic N) is 1. The molecule has 0 spiro atoms. The lowest BCUT2D eigenvalue weighted by Crippen LogP contribution is -2.35. The van der Waals surface area contributed by atoms with Gasteiger partial charge in [-0.1, -0.05) is 85.8 Å². The highest BCUT2D eigenvalue weighted by Gasteiger charge is 2.33. The predicted octanol–water partition coefficient (Wildman–Crippen LogP) is 8.23. The number of allylic oxidation sites excluding steroid dienone is 3. The fourth-order valence-electron chi connectivity index (χ4n) is 8.38. The number of carbonyl (C=O) groups excluding carboxylic acids is 3. The van der Waals surface area contributed by atoms with Crippen LogP contribution in [0.1, 0.15) is 68.8 Å². The van der Waals surface area contributed by atoms with Gasteiger partial charge in [-0.2, -0.15) is 0 Å². The Morgan fingerprint density at radius 2 is 1.59 bits per heavy atom. The molecule has 0 aromatic heterocycles. The molecule has 2 aliphatic heterocycles. The van der Waals surface area contributed by atoms with Crippen molar-refractivity contribution in [2.24, 2.45) is 5.92 Å². The van der Waals surface area contributed by atoms with E-state index in [-0.39, 0.29) is 23.5 Å². The fraction of sp³-hybridized carbons (Fsp3) is 0.184. The quantitative estimate of drug-likeness (QED) is 0.140. The standard InChI is InChI=1S/C39H33FN2O3.C10H9N/c1-23-8-3-4-9-28(23)39(45)41-27-14-12-25(13-15-27)38(44)36-24(2)26(22-43)20-33-31(36)17-16-30-29-10-7-11-34(40)32(29)21-35(37(30)33)42-18-5-6-19-42;1-2-7-10-9(5-1)6-3-4-8-11-10/h3-4,7-17,21,24,35H,5-6,18-20H2,1-2H3,(H,41,45);1-8,11H. The van der Waals surface area contributed by atoms with Crippen molar-refractivity contribution in [1.82, 2.24) is 4.90 Å². The van der Waals surface area contributed by atoms with Crippen molar-refractivity contribution in [1.29, 1.82) is 0 Å². The van der Waals surface area contributed by atoms with Crippen LogP contribution >= 0.6 is 0 Å². The molecule has 2 heterocycles. The van der Waals surface area contributed by atoms with Crippen LogP contribution in [-0.4, -0.2) is 35.6 Å². The van der Waals surface area contributed by atoms with Crippen molar-refractivity contribution < 1.29 is 18.8 Å². The molecular formula is C49H42FN3O3. The predicted molar refractivity (Wildman–Crippen MR) is 221 cm³/mol. The lowest BCUT2D eigenvalue weighted by molar-refractivity contribution is 0.102. The number of Topliss-reactive ketones (excluding diaryl/α,β-unsaturated/α-hetero) is 1. The number of hydrogen-bond donors (Lipinski definition) is 2. The molecule has 9 rings (SSSR count). The molecule has 6 nitrogen and oxygen atoms in total. The van der Waals surface area contributed by atoms with Gasteiger partial charge in [-0.25, -0.2) is 9.18 Å². The monoisotopic (exact) mass is 739 g/mol. The van der Waals surface area contributed by atoms with Gasteiger partial charge in [-0.15, -0.1) is 0 Å². The van der Waals surface area contributed by atoms with Crippen molar-refractivity contribution in [3.63, 3.8) is 0 Å². The maximum atomic E-state index is 15.1. The van der Waals surface area contributed by atoms with Crippen molar-refractivity contribution in [2.45, 2.75) is 39.2 Å². The van der Waals surface area contributed by atoms with E-state index in [9.17, 15) is 14.4 Å². The van der Waals surface area contributed by atoms with Crippen molar-refractivity contribution in [3.05, 3.63) is 187 Å². The Hall–Kier alpha value is -6.40. The van der Waals surface area contributed by atoms with Gasteiger partial charge in [0.15, 0.2) is 5.78 Å². The molecule has 2 atom stereocenters. The highest BCUT2D eigenvalue weighted by Crippen LogP contribution is 2.36. The molecule has 0 bridgehead atoms. The summed E-state index contributed by atoms with van der Waals surface area (Å²) in [6.07, 6.45) is 12.6. The maximum absolute atomic E-state index is 15.1. The second-order valence-electron chi connectivity index (χ2n) is 14.7. The van der Waals surface area contributed by atoms with Crippen LogP contribution in [0.3, 0.4) is 0 Å². The lowest BCUT2D eigenvalue weighted by atomic mass is 9.75. The molecule has 1 fully saturated rings. The van der Waals surface area contributed by atoms with Gasteiger partial charge in [0.25, 0.3) is 5.91 Å². The molecule has 2 aliphatic carbocycles. The number of aryl methyl sites for hydroxylation is 1. The third-order valence-corrected chi connectivity index (χ3v) is 11.3. The molecule has 56 heavy (non-hydrogen) atoms. The Bertz CT molecular complexity index is 2720. The highest BCUT2D eigenvalue weighted by molar-refractivity contribution is 6.25. The topological polar surface area (TPSA) is 78.5 Å². The zero-order valence-electron chi connectivity index (χ0n) is 31.4. The van der Waals surface area contributed by atoms with E-state index in [0.29, 0.717) is 39.6 Å². The van der Waals surface area contributed by atoms with E-state index in [2.05, 4.69) is 39.7 Å². The average molecular weight is 740 g/mol. The second kappa shape index (κ2) is 15.8. The van der Waals surface area contributed by atoms with Crippen LogP contribution in [0.25, 0.3) is 17.7 Å². The van der Waals surface area contributed by atoms with Crippen LogP contribution in [0, 0.1) is 29.1 Å². The number of fused-ring (bicyclic) bond motifs is 5. The van der Waals surface area contributed by atoms with Gasteiger partial charge in [0.05, 0.1) is 6.04 Å². The average Bonchev–Trinajstić information content (AvgIpc) is 3.65. The van der Waals surface area contributed by atoms with E-state index < -0.39 is 5.92 Å². The largest absolute Gasteiger partial charge is 0.361 e. The third kappa shape index (κ3) is 6.99. The second-order valence-corrected chi connectivity index (χ2v) is 14.7. The van der Waals surface area contributed by atoms with Crippen LogP contribution in [0.2, 0.25) is 0 Å². The van der Waals surface area contributed by atoms with Crippen LogP contribution in [0.15, 0.2) is 127 Å². The van der Waals surface area contributed by atoms with Crippen molar-refractivity contribution in [3.8, 4) is 0 Å². The summed E-state index contributed by atoms with van der Waals surface area (Å²) in [6, 6.07) is 31.5. The summed E-state index contributed by atoms with van der Waals surface area (Å²) in [5.41, 5.74) is 8.00. The molecule has 278 valence electrons. The lowest BCUT2D eigenvalue weighted by Gasteiger charge is -2.32. The van der Waals surface area contributed by atoms with Gasteiger partial charge in [0.1, 0.15) is 11.8 Å². The van der Waals surface area contributed by atoms with E-state index in [0.717, 1.165) is 64.0 Å². The first-order valence-corrected chi connectivity index (χ1v) is 19.2. The number of rotatable bonds is 5. The SMILES string of the molecule is C1=CNc2ccccc2C=C1.Cc1ccccc1C(=O)Nc1ccc(C(=O)C2=c3ccc4c(c3CC(=C=O)C2C)C(N2CCCC2)C=c2c(F)cccc2=4)cc1. The molecule has 2 unspecified atom stereocenters. The number of halogens is 1. The number of para-hydroxylation sites is 1. The molecule has 5 aromatic carbocycles. The number of amides is 1. The van der Waals surface area contributed by atoms with Gasteiger partial charge in [0.2, 0.25) is 0 Å². The summed E-state index contributed by atoms with van der Waals surface area (Å²) in [5, 5.41) is 9.31. The normalized spacial score (nSPS) is 17.7. The van der Waals surface area contributed by atoms with Crippen LogP contribution in [0.5, 0.6) is 0 Å². The van der Waals surface area contributed by atoms with Gasteiger partial charge in [-0.05, 0) is 119 Å². The number of carbonyl (C=O) groups is 2. The molecule has 1 saturated heterocycles. The van der Waals surface area contributed by atoms with Gasteiger partial charge in [0, 0.05) is 57.4 Å². The number of anilines is 2. The van der Waals surface area contributed by atoms with Crippen LogP contribution in [-0.2, 0) is 11.2 Å². The van der Waals surface area contributed by atoms with E-state index in [1.807, 2.05) is 86.8 Å². The summed E-state index contributed by atoms with van der Waals surface area (Å²) < 4.78 is 15.1. The molecule has 0 saturated carbocycles. The Morgan fingerprint density at radius 1 is 0.839 bits per heavy atom. The Labute approximate surface area is 325 Å². The summed E-state index contributed by atoms with van der Waals surface area (Å²) in [5.74, 6) is 1.12. The first kappa shape index (κ1) is 36.6. The van der Waals surface area contributed by atoms with Crippen LogP contribution < -0.4 is 21.1 Å². The van der Waals surface area contributed by atoms with Crippen molar-refractivity contribution in [2.75, 3.05) is 23.7 Å². The van der Waals surface area contributed by atoms with Crippen molar-refractivity contribution >= 4 is 46.7 Å². The van der Waals surface area contributed by atoms with E-state index in [1.165, 1.54) is 11.6 Å². The molecular weight excluding hydrogens is 698 g/mol. The smallest absolute Gasteiger partial charge is 0.255 e. The van der Waals surface area contributed by atoms with Gasteiger partial charge < -0.3 is 10.6 Å². The molecule has 5 aromatic rings. The third-order valence-electron chi connectivity index (χ3n) is 11.3. The first-order valence-electron chi connectivity index (χ1n) is 19.2. The molecule has 7 heteroatoms. The van der Waals surface area contributed by atoms with Crippen LogP contribution in [0.4, 0.5) is 15.8 Å². The highest BCUT2D eigenvalue weighted by atomic mass is 19.1. The fourth-order valence-corrected chi connectivity index (χ4v) is 8.38. The Morgan fingerprint density at radius 3 is 2.38 bits per heavy atom.